The maximum Gasteiger partial charge on any atom is 0.358 e. The molecule has 116 valence electrons. The van der Waals surface area contributed by atoms with Crippen LogP contribution in [0.1, 0.15) is 41.9 Å². The van der Waals surface area contributed by atoms with E-state index in [0.717, 1.165) is 18.4 Å². The van der Waals surface area contributed by atoms with E-state index in [2.05, 4.69) is 10.3 Å². The number of ether oxygens (including phenoxy) is 2. The van der Waals surface area contributed by atoms with E-state index < -0.39 is 0 Å². The lowest BCUT2D eigenvalue weighted by molar-refractivity contribution is -0.0646. The molecule has 1 saturated carbocycles. The van der Waals surface area contributed by atoms with Crippen molar-refractivity contribution in [2.24, 2.45) is 0 Å². The van der Waals surface area contributed by atoms with Crippen molar-refractivity contribution in [3.8, 4) is 0 Å². The van der Waals surface area contributed by atoms with Crippen LogP contribution in [0.25, 0.3) is 0 Å². The first kappa shape index (κ1) is 14.7. The molecule has 1 atom stereocenters. The Labute approximate surface area is 129 Å². The van der Waals surface area contributed by atoms with E-state index in [4.69, 9.17) is 9.47 Å². The van der Waals surface area contributed by atoms with E-state index in [1.165, 1.54) is 6.20 Å². The van der Waals surface area contributed by atoms with Crippen molar-refractivity contribution in [2.45, 2.75) is 38.0 Å². The normalized spacial score (nSPS) is 21.9. The molecule has 1 aromatic heterocycles. The maximum atomic E-state index is 12.3. The Morgan fingerprint density at radius 3 is 2.68 bits per heavy atom. The Morgan fingerprint density at radius 1 is 1.27 bits per heavy atom. The predicted octanol–water partition coefficient (Wildman–Crippen LogP) is 2.22. The van der Waals surface area contributed by atoms with Gasteiger partial charge in [0.2, 0.25) is 0 Å². The summed E-state index contributed by atoms with van der Waals surface area (Å²) in [5, 5.41) is 7.90. The van der Waals surface area contributed by atoms with Crippen molar-refractivity contribution in [1.29, 1.82) is 0 Å². The second-order valence-electron chi connectivity index (χ2n) is 5.51. The van der Waals surface area contributed by atoms with Crippen LogP contribution in [0.4, 0.5) is 0 Å². The van der Waals surface area contributed by atoms with Crippen LogP contribution in [0.2, 0.25) is 0 Å². The lowest BCUT2D eigenvalue weighted by atomic mass is 9.92. The Morgan fingerprint density at radius 2 is 2.00 bits per heavy atom. The van der Waals surface area contributed by atoms with Gasteiger partial charge in [0.1, 0.15) is 6.10 Å². The van der Waals surface area contributed by atoms with Crippen LogP contribution < -0.4 is 0 Å². The fourth-order valence-corrected chi connectivity index (χ4v) is 2.57. The molecule has 6 nitrogen and oxygen atoms in total. The minimum absolute atomic E-state index is 0.0761. The number of carbonyl (C=O) groups excluding carboxylic acids is 1. The summed E-state index contributed by atoms with van der Waals surface area (Å²) in [6.07, 6.45) is 3.07. The summed E-state index contributed by atoms with van der Waals surface area (Å²) >= 11 is 0. The van der Waals surface area contributed by atoms with Gasteiger partial charge < -0.3 is 9.47 Å². The Hall–Kier alpha value is -2.21. The zero-order valence-electron chi connectivity index (χ0n) is 12.7. The van der Waals surface area contributed by atoms with E-state index >= 15 is 0 Å². The van der Waals surface area contributed by atoms with Crippen LogP contribution in [0, 0.1) is 0 Å². The summed E-state index contributed by atoms with van der Waals surface area (Å²) < 4.78 is 12.3. The smallest absolute Gasteiger partial charge is 0.358 e. The van der Waals surface area contributed by atoms with Crippen molar-refractivity contribution < 1.29 is 14.3 Å². The van der Waals surface area contributed by atoms with Gasteiger partial charge in [-0.3, -0.25) is 0 Å². The number of hydrogen-bond donors (Lipinski definition) is 0. The molecule has 0 radical (unpaired) electrons. The number of carbonyl (C=O) groups is 1. The zero-order valence-corrected chi connectivity index (χ0v) is 12.7. The van der Waals surface area contributed by atoms with Gasteiger partial charge in [-0.25, -0.2) is 9.48 Å². The SMILES string of the molecule is CO[C@H]1C[C@@H](OC(=O)c2cnnn2[C@H](C)c2ccccc2)C1. The molecule has 0 unspecified atom stereocenters. The van der Waals surface area contributed by atoms with Crippen LogP contribution >= 0.6 is 0 Å². The molecule has 1 aliphatic carbocycles. The number of rotatable bonds is 5. The fourth-order valence-electron chi connectivity index (χ4n) is 2.57. The molecule has 1 heterocycles. The third kappa shape index (κ3) is 2.87. The van der Waals surface area contributed by atoms with Crippen molar-refractivity contribution in [1.82, 2.24) is 15.0 Å². The molecule has 0 spiro atoms. The van der Waals surface area contributed by atoms with E-state index in [1.54, 1.807) is 11.8 Å². The molecule has 2 aromatic rings. The van der Waals surface area contributed by atoms with Crippen molar-refractivity contribution in [3.63, 3.8) is 0 Å². The average molecular weight is 301 g/mol. The number of hydrogen-bond acceptors (Lipinski definition) is 5. The van der Waals surface area contributed by atoms with Crippen LogP contribution in [-0.4, -0.2) is 40.3 Å². The molecule has 0 aliphatic heterocycles. The van der Waals surface area contributed by atoms with Crippen molar-refractivity contribution >= 4 is 5.97 Å². The largest absolute Gasteiger partial charge is 0.457 e. The summed E-state index contributed by atoms with van der Waals surface area (Å²) in [6, 6.07) is 9.78. The minimum atomic E-state index is -0.382. The van der Waals surface area contributed by atoms with Crippen LogP contribution in [0.3, 0.4) is 0 Å². The quantitative estimate of drug-likeness (QED) is 0.792. The van der Waals surface area contributed by atoms with Gasteiger partial charge in [-0.1, -0.05) is 35.5 Å². The molecule has 1 aromatic carbocycles. The lowest BCUT2D eigenvalue weighted by Crippen LogP contribution is -2.38. The van der Waals surface area contributed by atoms with Crippen molar-refractivity contribution in [3.05, 3.63) is 47.8 Å². The van der Waals surface area contributed by atoms with Gasteiger partial charge in [0, 0.05) is 20.0 Å². The molecule has 6 heteroatoms. The molecule has 0 amide bonds. The number of aromatic nitrogens is 3. The maximum absolute atomic E-state index is 12.3. The molecular formula is C16H19N3O3. The third-order valence-electron chi connectivity index (χ3n) is 4.09. The van der Waals surface area contributed by atoms with E-state index in [1.807, 2.05) is 37.3 Å². The molecule has 1 aliphatic rings. The highest BCUT2D eigenvalue weighted by atomic mass is 16.6. The Kier molecular flexibility index (Phi) is 4.20. The number of esters is 1. The highest BCUT2D eigenvalue weighted by molar-refractivity contribution is 5.87. The highest BCUT2D eigenvalue weighted by Gasteiger charge is 2.33. The Bertz CT molecular complexity index is 635. The minimum Gasteiger partial charge on any atom is -0.457 e. The Balaban J connectivity index is 1.71. The molecule has 1 fully saturated rings. The number of methoxy groups -OCH3 is 1. The van der Waals surface area contributed by atoms with Crippen molar-refractivity contribution in [2.75, 3.05) is 7.11 Å². The predicted molar refractivity (Wildman–Crippen MR) is 79.5 cm³/mol. The van der Waals surface area contributed by atoms with Gasteiger partial charge in [-0.05, 0) is 12.5 Å². The van der Waals surface area contributed by atoms with Gasteiger partial charge in [-0.2, -0.15) is 0 Å². The summed E-state index contributed by atoms with van der Waals surface area (Å²) in [6.45, 7) is 1.98. The summed E-state index contributed by atoms with van der Waals surface area (Å²) in [5.41, 5.74) is 1.43. The zero-order chi connectivity index (χ0) is 15.5. The summed E-state index contributed by atoms with van der Waals surface area (Å²) in [5.74, 6) is -0.382. The first-order valence-corrected chi connectivity index (χ1v) is 7.38. The van der Waals surface area contributed by atoms with Gasteiger partial charge in [-0.15, -0.1) is 5.10 Å². The van der Waals surface area contributed by atoms with Gasteiger partial charge in [0.15, 0.2) is 5.69 Å². The molecule has 3 rings (SSSR count). The van der Waals surface area contributed by atoms with Crippen LogP contribution in [0.5, 0.6) is 0 Å². The van der Waals surface area contributed by atoms with E-state index in [-0.39, 0.29) is 24.2 Å². The number of benzene rings is 1. The second-order valence-corrected chi connectivity index (χ2v) is 5.51. The van der Waals surface area contributed by atoms with E-state index in [9.17, 15) is 4.79 Å². The monoisotopic (exact) mass is 301 g/mol. The molecule has 22 heavy (non-hydrogen) atoms. The average Bonchev–Trinajstić information content (AvgIpc) is 3.00. The van der Waals surface area contributed by atoms with Crippen LogP contribution in [-0.2, 0) is 9.47 Å². The molecular weight excluding hydrogens is 282 g/mol. The molecule has 0 saturated heterocycles. The number of nitrogens with zero attached hydrogens (tertiary/aromatic N) is 3. The van der Waals surface area contributed by atoms with Crippen LogP contribution in [0.15, 0.2) is 36.5 Å². The molecule has 0 N–H and O–H groups in total. The molecule has 0 bridgehead atoms. The standard InChI is InChI=1S/C16H19N3O3/c1-11(12-6-4-3-5-7-12)19-15(10-17-18-19)16(20)22-14-8-13(9-14)21-2/h3-7,10-11,13-14H,8-9H2,1-2H3/t11-,13-,14+/m1/s1. The van der Waals surface area contributed by atoms with Gasteiger partial charge in [0.25, 0.3) is 0 Å². The third-order valence-corrected chi connectivity index (χ3v) is 4.09. The second kappa shape index (κ2) is 6.27. The topological polar surface area (TPSA) is 66.2 Å². The first-order chi connectivity index (χ1) is 10.7. The summed E-state index contributed by atoms with van der Waals surface area (Å²) in [4.78, 5) is 12.3. The van der Waals surface area contributed by atoms with Gasteiger partial charge >= 0.3 is 5.97 Å². The lowest BCUT2D eigenvalue weighted by Gasteiger charge is -2.33. The van der Waals surface area contributed by atoms with Gasteiger partial charge in [0.05, 0.1) is 18.3 Å². The highest BCUT2D eigenvalue weighted by Crippen LogP contribution is 2.27. The fraction of sp³-hybridized carbons (Fsp3) is 0.438. The summed E-state index contributed by atoms with van der Waals surface area (Å²) in [7, 11) is 1.67. The first-order valence-electron chi connectivity index (χ1n) is 7.38. The van der Waals surface area contributed by atoms with E-state index in [0.29, 0.717) is 5.69 Å².